The molecule has 0 bridgehead atoms. The average molecular weight is 305 g/mol. The Morgan fingerprint density at radius 3 is 2.90 bits per heavy atom. The summed E-state index contributed by atoms with van der Waals surface area (Å²) in [6, 6.07) is 0. The van der Waals surface area contributed by atoms with Gasteiger partial charge in [0.25, 0.3) is 0 Å². The maximum absolute atomic E-state index is 12.2. The molecule has 0 aromatic carbocycles. The molecule has 3 heterocycles. The molecule has 1 aromatic rings. The number of likely N-dealkylation sites (tertiary alicyclic amines) is 1. The van der Waals surface area contributed by atoms with Crippen molar-refractivity contribution in [1.82, 2.24) is 9.88 Å². The first-order valence-electron chi connectivity index (χ1n) is 7.42. The molecule has 7 heteroatoms. The highest BCUT2D eigenvalue weighted by Gasteiger charge is 2.28. The Bertz CT molecular complexity index is 546. The number of amides is 1. The molecular weight excluding hydrogens is 286 g/mol. The van der Waals surface area contributed by atoms with Gasteiger partial charge in [0, 0.05) is 26.2 Å². The smallest absolute Gasteiger partial charge is 0.231 e. The summed E-state index contributed by atoms with van der Waals surface area (Å²) in [6.07, 6.45) is 8.44. The van der Waals surface area contributed by atoms with Crippen LogP contribution in [0, 0.1) is 17.4 Å². The SMILES string of the molecule is N#CN1CCC(C(=O)Nc2ncc(N3CCCCC3)s2)C1. The van der Waals surface area contributed by atoms with Crippen LogP contribution in [0.2, 0.25) is 0 Å². The van der Waals surface area contributed by atoms with Crippen LogP contribution in [0.5, 0.6) is 0 Å². The highest BCUT2D eigenvalue weighted by molar-refractivity contribution is 7.19. The molecule has 0 spiro atoms. The second-order valence-electron chi connectivity index (χ2n) is 5.57. The Hall–Kier alpha value is -1.81. The standard InChI is InChI=1S/C14H19N5OS/c15-10-18-7-4-11(9-18)13(20)17-14-16-8-12(21-14)19-5-2-1-3-6-19/h8,11H,1-7,9H2,(H,16,17,20). The Kier molecular flexibility index (Phi) is 4.25. The Labute approximate surface area is 128 Å². The van der Waals surface area contributed by atoms with Gasteiger partial charge in [-0.25, -0.2) is 4.98 Å². The lowest BCUT2D eigenvalue weighted by atomic mass is 10.1. The molecule has 0 radical (unpaired) electrons. The molecule has 2 fully saturated rings. The van der Waals surface area contributed by atoms with E-state index in [4.69, 9.17) is 5.26 Å². The number of thiazole rings is 1. The number of hydrogen-bond donors (Lipinski definition) is 1. The second kappa shape index (κ2) is 6.31. The van der Waals surface area contributed by atoms with Crippen LogP contribution in [0.1, 0.15) is 25.7 Å². The van der Waals surface area contributed by atoms with E-state index in [2.05, 4.69) is 21.4 Å². The molecule has 112 valence electrons. The second-order valence-corrected chi connectivity index (χ2v) is 6.58. The number of nitrogens with one attached hydrogen (secondary N) is 1. The number of aromatic nitrogens is 1. The lowest BCUT2D eigenvalue weighted by Gasteiger charge is -2.26. The van der Waals surface area contributed by atoms with Crippen LogP contribution in [-0.2, 0) is 4.79 Å². The molecule has 1 unspecified atom stereocenters. The maximum Gasteiger partial charge on any atom is 0.231 e. The molecule has 1 atom stereocenters. The molecular formula is C14H19N5OS. The highest BCUT2D eigenvalue weighted by atomic mass is 32.1. The van der Waals surface area contributed by atoms with Crippen molar-refractivity contribution in [3.05, 3.63) is 6.20 Å². The van der Waals surface area contributed by atoms with E-state index in [0.717, 1.165) is 24.5 Å². The molecule has 0 aliphatic carbocycles. The zero-order valence-electron chi connectivity index (χ0n) is 11.9. The predicted molar refractivity (Wildman–Crippen MR) is 82.1 cm³/mol. The van der Waals surface area contributed by atoms with E-state index in [-0.39, 0.29) is 11.8 Å². The van der Waals surface area contributed by atoms with E-state index < -0.39 is 0 Å². The van der Waals surface area contributed by atoms with Gasteiger partial charge >= 0.3 is 0 Å². The van der Waals surface area contributed by atoms with Gasteiger partial charge in [-0.05, 0) is 25.7 Å². The summed E-state index contributed by atoms with van der Waals surface area (Å²) in [5.41, 5.74) is 0. The van der Waals surface area contributed by atoms with Crippen LogP contribution in [0.25, 0.3) is 0 Å². The summed E-state index contributed by atoms with van der Waals surface area (Å²) in [4.78, 5) is 20.4. The van der Waals surface area contributed by atoms with Crippen LogP contribution in [0.4, 0.5) is 10.1 Å². The number of carbonyl (C=O) groups excluding carboxylic acids is 1. The predicted octanol–water partition coefficient (Wildman–Crippen LogP) is 1.87. The Morgan fingerprint density at radius 2 is 2.19 bits per heavy atom. The van der Waals surface area contributed by atoms with Gasteiger partial charge in [-0.15, -0.1) is 0 Å². The van der Waals surface area contributed by atoms with E-state index >= 15 is 0 Å². The van der Waals surface area contributed by atoms with Crippen molar-refractivity contribution in [3.8, 4) is 6.19 Å². The summed E-state index contributed by atoms with van der Waals surface area (Å²) in [6.45, 7) is 3.35. The summed E-state index contributed by atoms with van der Waals surface area (Å²) in [5.74, 6) is -0.126. The molecule has 21 heavy (non-hydrogen) atoms. The topological polar surface area (TPSA) is 72.3 Å². The Balaban J connectivity index is 1.57. The van der Waals surface area contributed by atoms with Gasteiger partial charge in [0.2, 0.25) is 5.91 Å². The Morgan fingerprint density at radius 1 is 1.38 bits per heavy atom. The van der Waals surface area contributed by atoms with Crippen LogP contribution in [0.15, 0.2) is 6.20 Å². The highest BCUT2D eigenvalue weighted by Crippen LogP contribution is 2.30. The minimum absolute atomic E-state index is 0.0210. The van der Waals surface area contributed by atoms with Crippen LogP contribution in [-0.4, -0.2) is 42.0 Å². The van der Waals surface area contributed by atoms with Crippen LogP contribution in [0.3, 0.4) is 0 Å². The number of anilines is 2. The van der Waals surface area contributed by atoms with E-state index in [1.54, 1.807) is 4.90 Å². The van der Waals surface area contributed by atoms with Gasteiger partial charge in [-0.1, -0.05) is 11.3 Å². The quantitative estimate of drug-likeness (QED) is 0.863. The fourth-order valence-corrected chi connectivity index (χ4v) is 3.73. The molecule has 2 aliphatic heterocycles. The van der Waals surface area contributed by atoms with E-state index in [9.17, 15) is 4.79 Å². The molecule has 0 saturated carbocycles. The zero-order valence-corrected chi connectivity index (χ0v) is 12.7. The van der Waals surface area contributed by atoms with Gasteiger partial charge in [0.15, 0.2) is 11.3 Å². The monoisotopic (exact) mass is 305 g/mol. The van der Waals surface area contributed by atoms with Gasteiger partial charge < -0.3 is 15.1 Å². The molecule has 2 saturated heterocycles. The van der Waals surface area contributed by atoms with E-state index in [1.807, 2.05) is 6.20 Å². The molecule has 2 aliphatic rings. The summed E-state index contributed by atoms with van der Waals surface area (Å²) in [7, 11) is 0. The first kappa shape index (κ1) is 14.1. The molecule has 1 aromatic heterocycles. The van der Waals surface area contributed by atoms with E-state index in [1.165, 1.54) is 30.6 Å². The van der Waals surface area contributed by atoms with Gasteiger partial charge in [0.1, 0.15) is 5.00 Å². The summed E-state index contributed by atoms with van der Waals surface area (Å²) < 4.78 is 0. The number of piperidine rings is 1. The number of nitrogens with zero attached hydrogens (tertiary/aromatic N) is 4. The van der Waals surface area contributed by atoms with Crippen LogP contribution >= 0.6 is 11.3 Å². The third-order valence-electron chi connectivity index (χ3n) is 4.09. The lowest BCUT2D eigenvalue weighted by molar-refractivity contribution is -0.119. The van der Waals surface area contributed by atoms with Crippen molar-refractivity contribution in [2.45, 2.75) is 25.7 Å². The average Bonchev–Trinajstić information content (AvgIpc) is 3.17. The fourth-order valence-electron chi connectivity index (χ4n) is 2.86. The van der Waals surface area contributed by atoms with Gasteiger partial charge in [0.05, 0.1) is 12.1 Å². The van der Waals surface area contributed by atoms with E-state index in [0.29, 0.717) is 18.2 Å². The summed E-state index contributed by atoms with van der Waals surface area (Å²) in [5, 5.41) is 13.5. The maximum atomic E-state index is 12.2. The number of carbonyl (C=O) groups is 1. The van der Waals surface area contributed by atoms with Crippen molar-refractivity contribution in [3.63, 3.8) is 0 Å². The first-order chi connectivity index (χ1) is 10.3. The summed E-state index contributed by atoms with van der Waals surface area (Å²) >= 11 is 1.54. The molecule has 1 amide bonds. The van der Waals surface area contributed by atoms with Gasteiger partial charge in [-0.3, -0.25) is 4.79 Å². The van der Waals surface area contributed by atoms with Crippen molar-refractivity contribution in [2.75, 3.05) is 36.4 Å². The van der Waals surface area contributed by atoms with Gasteiger partial charge in [-0.2, -0.15) is 5.26 Å². The van der Waals surface area contributed by atoms with Crippen molar-refractivity contribution < 1.29 is 4.79 Å². The van der Waals surface area contributed by atoms with Crippen LogP contribution < -0.4 is 10.2 Å². The number of nitriles is 1. The van der Waals surface area contributed by atoms with Crippen molar-refractivity contribution in [1.29, 1.82) is 5.26 Å². The normalized spacial score (nSPS) is 22.1. The molecule has 6 nitrogen and oxygen atoms in total. The molecule has 3 rings (SSSR count). The third kappa shape index (κ3) is 3.27. The van der Waals surface area contributed by atoms with Crippen molar-refractivity contribution in [2.24, 2.45) is 5.92 Å². The number of rotatable bonds is 3. The first-order valence-corrected chi connectivity index (χ1v) is 8.24. The lowest BCUT2D eigenvalue weighted by Crippen LogP contribution is -2.28. The molecule has 1 N–H and O–H groups in total. The third-order valence-corrected chi connectivity index (χ3v) is 5.07. The largest absolute Gasteiger partial charge is 0.362 e. The van der Waals surface area contributed by atoms with Crippen molar-refractivity contribution >= 4 is 27.4 Å². The number of hydrogen-bond acceptors (Lipinski definition) is 6. The fraction of sp³-hybridized carbons (Fsp3) is 0.643. The zero-order chi connectivity index (χ0) is 14.7. The minimum Gasteiger partial charge on any atom is -0.362 e. The minimum atomic E-state index is -0.105.